The summed E-state index contributed by atoms with van der Waals surface area (Å²) in [6, 6.07) is 7.36. The van der Waals surface area contributed by atoms with Gasteiger partial charge in [-0.2, -0.15) is 4.99 Å². The molecule has 0 radical (unpaired) electrons. The highest BCUT2D eigenvalue weighted by Gasteiger charge is 2.37. The fourth-order valence-corrected chi connectivity index (χ4v) is 2.76. The van der Waals surface area contributed by atoms with Crippen molar-refractivity contribution >= 4 is 6.08 Å². The van der Waals surface area contributed by atoms with Crippen LogP contribution in [0.25, 0.3) is 0 Å². The first kappa shape index (κ1) is 12.0. The molecule has 17 heavy (non-hydrogen) atoms. The lowest BCUT2D eigenvalue weighted by Crippen LogP contribution is -2.21. The van der Waals surface area contributed by atoms with Crippen LogP contribution in [0.3, 0.4) is 0 Å². The molecule has 0 aliphatic heterocycles. The van der Waals surface area contributed by atoms with E-state index < -0.39 is 11.7 Å². The van der Waals surface area contributed by atoms with Crippen molar-refractivity contribution in [3.8, 4) is 0 Å². The van der Waals surface area contributed by atoms with Crippen molar-refractivity contribution in [3.05, 3.63) is 35.4 Å². The molecule has 1 aromatic carbocycles. The summed E-state index contributed by atoms with van der Waals surface area (Å²) < 4.78 is 13.6. The SMILES string of the molecule is CC(F)c1ccccc1C1(N=C=O)CCCC1. The molecule has 1 unspecified atom stereocenters. The maximum absolute atomic E-state index is 13.6. The van der Waals surface area contributed by atoms with Gasteiger partial charge in [0.2, 0.25) is 6.08 Å². The molecular formula is C14H16FNO. The second kappa shape index (κ2) is 4.80. The molecule has 2 nitrogen and oxygen atoms in total. The van der Waals surface area contributed by atoms with Crippen molar-refractivity contribution in [1.82, 2.24) is 0 Å². The van der Waals surface area contributed by atoms with E-state index in [1.807, 2.05) is 18.2 Å². The molecule has 0 spiro atoms. The lowest BCUT2D eigenvalue weighted by molar-refractivity contribution is 0.359. The number of rotatable bonds is 3. The van der Waals surface area contributed by atoms with Gasteiger partial charge in [-0.15, -0.1) is 0 Å². The molecule has 90 valence electrons. The average Bonchev–Trinajstić information content (AvgIpc) is 2.79. The Morgan fingerprint density at radius 1 is 1.35 bits per heavy atom. The van der Waals surface area contributed by atoms with Crippen molar-refractivity contribution in [2.45, 2.75) is 44.3 Å². The molecule has 0 aromatic heterocycles. The van der Waals surface area contributed by atoms with E-state index >= 15 is 0 Å². The lowest BCUT2D eigenvalue weighted by atomic mass is 9.84. The van der Waals surface area contributed by atoms with Gasteiger partial charge in [-0.1, -0.05) is 37.1 Å². The summed E-state index contributed by atoms with van der Waals surface area (Å²) in [5.74, 6) is 0. The minimum absolute atomic E-state index is 0.529. The summed E-state index contributed by atoms with van der Waals surface area (Å²) in [6.07, 6.45) is 4.31. The van der Waals surface area contributed by atoms with Crippen molar-refractivity contribution in [2.75, 3.05) is 0 Å². The molecule has 1 aliphatic rings. The predicted molar refractivity (Wildman–Crippen MR) is 64.2 cm³/mol. The Morgan fingerprint density at radius 2 is 2.00 bits per heavy atom. The van der Waals surface area contributed by atoms with E-state index in [9.17, 15) is 9.18 Å². The number of aliphatic imine (C=N–C) groups is 1. The second-order valence-electron chi connectivity index (χ2n) is 4.65. The largest absolute Gasteiger partial charge is 0.243 e. The summed E-state index contributed by atoms with van der Waals surface area (Å²) in [4.78, 5) is 14.6. The summed E-state index contributed by atoms with van der Waals surface area (Å²) in [6.45, 7) is 1.52. The lowest BCUT2D eigenvalue weighted by Gasteiger charge is -2.26. The quantitative estimate of drug-likeness (QED) is 0.576. The number of carbonyl (C=O) groups excluding carboxylic acids is 1. The Morgan fingerprint density at radius 3 is 2.59 bits per heavy atom. The molecule has 0 N–H and O–H groups in total. The first-order valence-corrected chi connectivity index (χ1v) is 6.02. The first-order chi connectivity index (χ1) is 8.19. The van der Waals surface area contributed by atoms with Crippen molar-refractivity contribution in [2.24, 2.45) is 4.99 Å². The Hall–Kier alpha value is -1.47. The zero-order chi connectivity index (χ0) is 12.3. The zero-order valence-electron chi connectivity index (χ0n) is 9.95. The van der Waals surface area contributed by atoms with Crippen molar-refractivity contribution in [3.63, 3.8) is 0 Å². The van der Waals surface area contributed by atoms with E-state index in [1.54, 1.807) is 12.1 Å². The number of nitrogens with zero attached hydrogens (tertiary/aromatic N) is 1. The number of benzene rings is 1. The molecule has 0 amide bonds. The van der Waals surface area contributed by atoms with Crippen molar-refractivity contribution < 1.29 is 9.18 Å². The van der Waals surface area contributed by atoms with E-state index in [0.717, 1.165) is 31.2 Å². The molecule has 0 bridgehead atoms. The molecule has 2 rings (SSSR count). The van der Waals surface area contributed by atoms with E-state index in [-0.39, 0.29) is 0 Å². The van der Waals surface area contributed by atoms with Crippen LogP contribution < -0.4 is 0 Å². The maximum atomic E-state index is 13.6. The van der Waals surface area contributed by atoms with Crippen LogP contribution in [0.5, 0.6) is 0 Å². The summed E-state index contributed by atoms with van der Waals surface area (Å²) >= 11 is 0. The predicted octanol–water partition coefficient (Wildman–Crippen LogP) is 3.82. The van der Waals surface area contributed by atoms with Crippen molar-refractivity contribution in [1.29, 1.82) is 0 Å². The Labute approximate surface area is 101 Å². The molecule has 1 atom stereocenters. The molecule has 3 heteroatoms. The van der Waals surface area contributed by atoms with Gasteiger partial charge < -0.3 is 0 Å². The highest BCUT2D eigenvalue weighted by Crippen LogP contribution is 2.44. The zero-order valence-corrected chi connectivity index (χ0v) is 9.95. The number of isocyanates is 1. The van der Waals surface area contributed by atoms with Gasteiger partial charge in [-0.25, -0.2) is 9.18 Å². The fraction of sp³-hybridized carbons (Fsp3) is 0.500. The monoisotopic (exact) mass is 233 g/mol. The minimum atomic E-state index is -1.04. The van der Waals surface area contributed by atoms with Crippen LogP contribution in [-0.4, -0.2) is 6.08 Å². The number of hydrogen-bond donors (Lipinski definition) is 0. The van der Waals surface area contributed by atoms with Gasteiger partial charge >= 0.3 is 0 Å². The first-order valence-electron chi connectivity index (χ1n) is 6.02. The topological polar surface area (TPSA) is 29.4 Å². The third-order valence-electron chi connectivity index (χ3n) is 3.58. The van der Waals surface area contributed by atoms with Gasteiger partial charge in [0.15, 0.2) is 0 Å². The Bertz CT molecular complexity index is 443. The van der Waals surface area contributed by atoms with Gasteiger partial charge in [-0.3, -0.25) is 0 Å². The van der Waals surface area contributed by atoms with Gasteiger partial charge in [0, 0.05) is 0 Å². The van der Waals surface area contributed by atoms with Gasteiger partial charge in [-0.05, 0) is 30.9 Å². The highest BCUT2D eigenvalue weighted by atomic mass is 19.1. The van der Waals surface area contributed by atoms with E-state index in [2.05, 4.69) is 4.99 Å². The van der Waals surface area contributed by atoms with Crippen LogP contribution in [0, 0.1) is 0 Å². The van der Waals surface area contributed by atoms with Crippen LogP contribution in [0.2, 0.25) is 0 Å². The minimum Gasteiger partial charge on any atom is -0.243 e. The van der Waals surface area contributed by atoms with E-state index in [0.29, 0.717) is 5.56 Å². The third-order valence-corrected chi connectivity index (χ3v) is 3.58. The van der Waals surface area contributed by atoms with Crippen LogP contribution in [0.1, 0.15) is 49.9 Å². The normalized spacial score (nSPS) is 19.6. The van der Waals surface area contributed by atoms with Gasteiger partial charge in [0.25, 0.3) is 0 Å². The molecule has 0 saturated heterocycles. The van der Waals surface area contributed by atoms with E-state index in [1.165, 1.54) is 6.92 Å². The standard InChI is InChI=1S/C14H16FNO/c1-11(15)12-6-2-3-7-13(12)14(16-10-17)8-4-5-9-14/h2-3,6-7,11H,4-5,8-9H2,1H3. The molecule has 1 aliphatic carbocycles. The van der Waals surface area contributed by atoms with E-state index in [4.69, 9.17) is 0 Å². The van der Waals surface area contributed by atoms with Crippen LogP contribution >= 0.6 is 0 Å². The molecule has 1 fully saturated rings. The summed E-state index contributed by atoms with van der Waals surface area (Å²) in [7, 11) is 0. The Kier molecular flexibility index (Phi) is 3.39. The summed E-state index contributed by atoms with van der Waals surface area (Å²) in [5, 5.41) is 0. The summed E-state index contributed by atoms with van der Waals surface area (Å²) in [5.41, 5.74) is 0.975. The second-order valence-corrected chi connectivity index (χ2v) is 4.65. The highest BCUT2D eigenvalue weighted by molar-refractivity contribution is 5.42. The third kappa shape index (κ3) is 2.16. The molecule has 0 heterocycles. The van der Waals surface area contributed by atoms with Gasteiger partial charge in [0.1, 0.15) is 6.17 Å². The number of halogens is 1. The maximum Gasteiger partial charge on any atom is 0.235 e. The number of alkyl halides is 1. The van der Waals surface area contributed by atoms with Crippen LogP contribution in [0.15, 0.2) is 29.3 Å². The molecular weight excluding hydrogens is 217 g/mol. The van der Waals surface area contributed by atoms with Gasteiger partial charge in [0.05, 0.1) is 5.54 Å². The number of hydrogen-bond acceptors (Lipinski definition) is 2. The van der Waals surface area contributed by atoms with Crippen LogP contribution in [0.4, 0.5) is 4.39 Å². The molecule has 1 saturated carbocycles. The van der Waals surface area contributed by atoms with Crippen LogP contribution in [-0.2, 0) is 10.3 Å². The Balaban J connectivity index is 2.53. The fourth-order valence-electron chi connectivity index (χ4n) is 2.76. The average molecular weight is 233 g/mol. The smallest absolute Gasteiger partial charge is 0.235 e. The molecule has 1 aromatic rings.